The quantitative estimate of drug-likeness (QED) is 0.772. The number of likely N-dealkylation sites (tertiary alicyclic amines) is 1. The van der Waals surface area contributed by atoms with Gasteiger partial charge in [-0.15, -0.1) is 0 Å². The van der Waals surface area contributed by atoms with Crippen LogP contribution < -0.4 is 5.32 Å². The standard InChI is InChI=1S/C14H30N4/c1-13-12-17(3)6-4-14(13)15-5-7-18-10-8-16(2)9-11-18/h13-15H,4-12H2,1-3H3. The molecule has 2 saturated heterocycles. The minimum atomic E-state index is 0.730. The summed E-state index contributed by atoms with van der Waals surface area (Å²) < 4.78 is 0. The van der Waals surface area contributed by atoms with Crippen LogP contribution in [0.4, 0.5) is 0 Å². The summed E-state index contributed by atoms with van der Waals surface area (Å²) in [5.41, 5.74) is 0. The van der Waals surface area contributed by atoms with Crippen molar-refractivity contribution in [2.75, 3.05) is 66.5 Å². The Hall–Kier alpha value is -0.160. The SMILES string of the molecule is CC1CN(C)CCC1NCCN1CCN(C)CC1. The van der Waals surface area contributed by atoms with Crippen LogP contribution in [0.5, 0.6) is 0 Å². The van der Waals surface area contributed by atoms with Gasteiger partial charge in [0.25, 0.3) is 0 Å². The number of nitrogens with zero attached hydrogens (tertiary/aromatic N) is 3. The van der Waals surface area contributed by atoms with Crippen molar-refractivity contribution >= 4 is 0 Å². The van der Waals surface area contributed by atoms with Gasteiger partial charge in [-0.25, -0.2) is 0 Å². The third kappa shape index (κ3) is 4.19. The fourth-order valence-corrected chi connectivity index (χ4v) is 3.14. The summed E-state index contributed by atoms with van der Waals surface area (Å²) in [5, 5.41) is 3.77. The second-order valence-corrected chi connectivity index (χ2v) is 6.23. The summed E-state index contributed by atoms with van der Waals surface area (Å²) in [6.45, 7) is 12.2. The van der Waals surface area contributed by atoms with Gasteiger partial charge in [-0.2, -0.15) is 0 Å². The number of likely N-dealkylation sites (N-methyl/N-ethyl adjacent to an activating group) is 1. The molecule has 18 heavy (non-hydrogen) atoms. The predicted molar refractivity (Wildman–Crippen MR) is 77.0 cm³/mol. The summed E-state index contributed by atoms with van der Waals surface area (Å²) >= 11 is 0. The molecule has 0 aromatic carbocycles. The predicted octanol–water partition coefficient (Wildman–Crippen LogP) is 0.164. The lowest BCUT2D eigenvalue weighted by Crippen LogP contribution is -2.50. The van der Waals surface area contributed by atoms with Crippen molar-refractivity contribution in [1.82, 2.24) is 20.0 Å². The van der Waals surface area contributed by atoms with Crippen molar-refractivity contribution in [3.05, 3.63) is 0 Å². The molecule has 2 fully saturated rings. The maximum absolute atomic E-state index is 3.77. The molecular weight excluding hydrogens is 224 g/mol. The van der Waals surface area contributed by atoms with Gasteiger partial charge in [0, 0.05) is 51.9 Å². The van der Waals surface area contributed by atoms with E-state index in [-0.39, 0.29) is 0 Å². The number of hydrogen-bond donors (Lipinski definition) is 1. The Morgan fingerprint density at radius 1 is 1.00 bits per heavy atom. The first kappa shape index (κ1) is 14.3. The van der Waals surface area contributed by atoms with Crippen LogP contribution >= 0.6 is 0 Å². The monoisotopic (exact) mass is 254 g/mol. The second-order valence-electron chi connectivity index (χ2n) is 6.23. The van der Waals surface area contributed by atoms with Gasteiger partial charge >= 0.3 is 0 Å². The highest BCUT2D eigenvalue weighted by molar-refractivity contribution is 4.82. The number of hydrogen-bond acceptors (Lipinski definition) is 4. The summed E-state index contributed by atoms with van der Waals surface area (Å²) in [6, 6.07) is 0.730. The molecule has 106 valence electrons. The molecule has 4 nitrogen and oxygen atoms in total. The van der Waals surface area contributed by atoms with E-state index in [0.717, 1.165) is 18.5 Å². The van der Waals surface area contributed by atoms with Crippen molar-refractivity contribution < 1.29 is 0 Å². The molecule has 2 atom stereocenters. The maximum Gasteiger partial charge on any atom is 0.0118 e. The first-order valence-electron chi connectivity index (χ1n) is 7.48. The fraction of sp³-hybridized carbons (Fsp3) is 1.00. The Bertz CT molecular complexity index is 238. The molecule has 2 aliphatic heterocycles. The smallest absolute Gasteiger partial charge is 0.0118 e. The number of piperidine rings is 1. The molecule has 0 radical (unpaired) electrons. The zero-order valence-electron chi connectivity index (χ0n) is 12.4. The molecule has 2 unspecified atom stereocenters. The van der Waals surface area contributed by atoms with Crippen LogP contribution in [0.2, 0.25) is 0 Å². The van der Waals surface area contributed by atoms with Crippen molar-refractivity contribution in [2.24, 2.45) is 5.92 Å². The Kier molecular flexibility index (Phi) is 5.42. The number of rotatable bonds is 4. The molecule has 0 aromatic rings. The van der Waals surface area contributed by atoms with Gasteiger partial charge in [-0.05, 0) is 33.0 Å². The van der Waals surface area contributed by atoms with E-state index >= 15 is 0 Å². The average Bonchev–Trinajstić information content (AvgIpc) is 2.34. The third-order valence-corrected chi connectivity index (χ3v) is 4.54. The lowest BCUT2D eigenvalue weighted by molar-refractivity contribution is 0.143. The largest absolute Gasteiger partial charge is 0.312 e. The third-order valence-electron chi connectivity index (χ3n) is 4.54. The van der Waals surface area contributed by atoms with Gasteiger partial charge in [-0.3, -0.25) is 4.90 Å². The van der Waals surface area contributed by atoms with Crippen LogP contribution in [0.25, 0.3) is 0 Å². The maximum atomic E-state index is 3.77. The Morgan fingerprint density at radius 3 is 2.39 bits per heavy atom. The Labute approximate surface area is 112 Å². The molecule has 4 heteroatoms. The molecular formula is C14H30N4. The van der Waals surface area contributed by atoms with Crippen molar-refractivity contribution in [1.29, 1.82) is 0 Å². The van der Waals surface area contributed by atoms with Crippen LogP contribution in [0.15, 0.2) is 0 Å². The highest BCUT2D eigenvalue weighted by atomic mass is 15.2. The van der Waals surface area contributed by atoms with E-state index in [4.69, 9.17) is 0 Å². The molecule has 0 amide bonds. The van der Waals surface area contributed by atoms with E-state index < -0.39 is 0 Å². The van der Waals surface area contributed by atoms with E-state index in [9.17, 15) is 0 Å². The van der Waals surface area contributed by atoms with Gasteiger partial charge in [0.15, 0.2) is 0 Å². The summed E-state index contributed by atoms with van der Waals surface area (Å²) in [4.78, 5) is 7.46. The Balaban J connectivity index is 1.60. The van der Waals surface area contributed by atoms with Crippen molar-refractivity contribution in [3.8, 4) is 0 Å². The average molecular weight is 254 g/mol. The van der Waals surface area contributed by atoms with E-state index in [1.54, 1.807) is 0 Å². The number of piperazine rings is 1. The Morgan fingerprint density at radius 2 is 1.72 bits per heavy atom. The topological polar surface area (TPSA) is 21.8 Å². The van der Waals surface area contributed by atoms with Gasteiger partial charge in [0.1, 0.15) is 0 Å². The van der Waals surface area contributed by atoms with Crippen molar-refractivity contribution in [2.45, 2.75) is 19.4 Å². The highest BCUT2D eigenvalue weighted by Gasteiger charge is 2.23. The van der Waals surface area contributed by atoms with Gasteiger partial charge < -0.3 is 15.1 Å². The van der Waals surface area contributed by atoms with Crippen LogP contribution in [-0.2, 0) is 0 Å². The first-order valence-corrected chi connectivity index (χ1v) is 7.48. The zero-order chi connectivity index (χ0) is 13.0. The molecule has 2 rings (SSSR count). The van der Waals surface area contributed by atoms with Gasteiger partial charge in [0.05, 0.1) is 0 Å². The van der Waals surface area contributed by atoms with Gasteiger partial charge in [0.2, 0.25) is 0 Å². The van der Waals surface area contributed by atoms with Crippen LogP contribution in [0.1, 0.15) is 13.3 Å². The molecule has 0 bridgehead atoms. The molecule has 0 aliphatic carbocycles. The first-order chi connectivity index (χ1) is 8.65. The summed E-state index contributed by atoms with van der Waals surface area (Å²) in [5.74, 6) is 0.788. The molecule has 2 heterocycles. The summed E-state index contributed by atoms with van der Waals surface area (Å²) in [7, 11) is 4.45. The minimum Gasteiger partial charge on any atom is -0.312 e. The normalized spacial score (nSPS) is 32.8. The van der Waals surface area contributed by atoms with Crippen LogP contribution in [0.3, 0.4) is 0 Å². The highest BCUT2D eigenvalue weighted by Crippen LogP contribution is 2.14. The van der Waals surface area contributed by atoms with E-state index in [0.29, 0.717) is 0 Å². The minimum absolute atomic E-state index is 0.730. The number of nitrogens with one attached hydrogen (secondary N) is 1. The second kappa shape index (κ2) is 6.85. The molecule has 0 aromatic heterocycles. The van der Waals surface area contributed by atoms with Crippen LogP contribution in [-0.4, -0.2) is 87.2 Å². The molecule has 2 aliphatic rings. The lowest BCUT2D eigenvalue weighted by Gasteiger charge is -2.36. The van der Waals surface area contributed by atoms with E-state index in [1.165, 1.54) is 52.2 Å². The fourth-order valence-electron chi connectivity index (χ4n) is 3.14. The molecule has 0 spiro atoms. The van der Waals surface area contributed by atoms with E-state index in [1.807, 2.05) is 0 Å². The van der Waals surface area contributed by atoms with Gasteiger partial charge in [-0.1, -0.05) is 6.92 Å². The van der Waals surface area contributed by atoms with E-state index in [2.05, 4.69) is 41.0 Å². The van der Waals surface area contributed by atoms with Crippen molar-refractivity contribution in [3.63, 3.8) is 0 Å². The molecule has 0 saturated carbocycles. The summed E-state index contributed by atoms with van der Waals surface area (Å²) in [6.07, 6.45) is 1.31. The van der Waals surface area contributed by atoms with Crippen LogP contribution in [0, 0.1) is 5.92 Å². The zero-order valence-corrected chi connectivity index (χ0v) is 12.4. The molecule has 1 N–H and O–H groups in total. The lowest BCUT2D eigenvalue weighted by atomic mass is 9.94.